The smallest absolute Gasteiger partial charge is 0.341 e. The lowest BCUT2D eigenvalue weighted by Gasteiger charge is -2.13. The Balaban J connectivity index is 1.50. The number of ether oxygens (including phenoxy) is 2. The molecule has 0 bridgehead atoms. The average Bonchev–Trinajstić information content (AvgIpc) is 2.91. The number of aromatic nitrogens is 2. The quantitative estimate of drug-likeness (QED) is 0.316. The third-order valence-electron chi connectivity index (χ3n) is 6.46. The molecule has 5 aromatic rings. The number of rotatable bonds is 7. The van der Waals surface area contributed by atoms with Crippen LogP contribution >= 0.6 is 0 Å². The van der Waals surface area contributed by atoms with Crippen LogP contribution in [0.4, 0.5) is 0 Å². The molecule has 0 saturated heterocycles. The highest BCUT2D eigenvalue weighted by molar-refractivity contribution is 5.61. The molecule has 186 valence electrons. The second-order valence-corrected chi connectivity index (χ2v) is 9.10. The van der Waals surface area contributed by atoms with Crippen LogP contribution < -0.4 is 19.4 Å². The van der Waals surface area contributed by atoms with E-state index in [9.17, 15) is 9.90 Å². The normalized spacial score (nSPS) is 11.0. The number of nitrogens with zero attached hydrogens (tertiary/aromatic N) is 2. The van der Waals surface area contributed by atoms with Gasteiger partial charge in [-0.05, 0) is 67.4 Å². The van der Waals surface area contributed by atoms with Gasteiger partial charge < -0.3 is 14.6 Å². The lowest BCUT2D eigenvalue weighted by atomic mass is 10.1. The summed E-state index contributed by atoms with van der Waals surface area (Å²) in [5.74, 6) is 1.45. The van der Waals surface area contributed by atoms with Crippen molar-refractivity contribution in [2.75, 3.05) is 7.11 Å². The van der Waals surface area contributed by atoms with Gasteiger partial charge >= 0.3 is 5.56 Å². The van der Waals surface area contributed by atoms with Gasteiger partial charge in [-0.3, -0.25) is 0 Å². The highest BCUT2D eigenvalue weighted by Crippen LogP contribution is 2.29. The molecule has 0 aliphatic carbocycles. The average molecular weight is 494 g/mol. The molecule has 0 saturated carbocycles. The molecule has 2 heterocycles. The van der Waals surface area contributed by atoms with Crippen molar-refractivity contribution in [3.05, 3.63) is 124 Å². The molecule has 0 radical (unpaired) electrons. The van der Waals surface area contributed by atoms with Crippen molar-refractivity contribution in [2.45, 2.75) is 27.0 Å². The van der Waals surface area contributed by atoms with Gasteiger partial charge in [-0.15, -0.1) is 0 Å². The fourth-order valence-corrected chi connectivity index (χ4v) is 4.63. The fraction of sp³-hybridized carbons (Fsp3) is 0.161. The van der Waals surface area contributed by atoms with E-state index in [1.807, 2.05) is 78.2 Å². The number of hydrogen-bond donors (Lipinski definition) is 1. The lowest BCUT2D eigenvalue weighted by molar-refractivity contribution is -0.504. The first kappa shape index (κ1) is 24.1. The number of pyridine rings is 1. The molecule has 0 atom stereocenters. The lowest BCUT2D eigenvalue weighted by Crippen LogP contribution is -2.38. The minimum atomic E-state index is -0.0759. The minimum Gasteiger partial charge on any atom is -0.508 e. The Kier molecular flexibility index (Phi) is 6.64. The maximum Gasteiger partial charge on any atom is 0.341 e. The first-order valence-electron chi connectivity index (χ1n) is 12.1. The molecule has 0 unspecified atom stereocenters. The Hall–Kier alpha value is -4.58. The third kappa shape index (κ3) is 4.91. The third-order valence-corrected chi connectivity index (χ3v) is 6.46. The number of aryl methyl sites for hydroxylation is 1. The van der Waals surface area contributed by atoms with E-state index in [1.165, 1.54) is 5.56 Å². The Labute approximate surface area is 215 Å². The zero-order valence-electron chi connectivity index (χ0n) is 21.1. The Morgan fingerprint density at radius 2 is 1.68 bits per heavy atom. The standard InChI is InChI=1S/C31H28N2O4/c1-21-7-6-8-24(17-21)20-37-27-15-10-23(18-28(27)36-3)19-33-29-9-4-5-16-32(29)30(22(2)31(33)35)25-11-13-26(34)14-12-25/h4-18H,19-20H2,1-3H3/p+1. The van der Waals surface area contributed by atoms with E-state index in [0.717, 1.165) is 28.0 Å². The summed E-state index contributed by atoms with van der Waals surface area (Å²) in [7, 11) is 1.62. The van der Waals surface area contributed by atoms with Crippen molar-refractivity contribution >= 4 is 5.65 Å². The number of fused-ring (bicyclic) bond motifs is 1. The first-order valence-corrected chi connectivity index (χ1v) is 12.1. The largest absolute Gasteiger partial charge is 0.508 e. The summed E-state index contributed by atoms with van der Waals surface area (Å²) in [4.78, 5) is 13.6. The summed E-state index contributed by atoms with van der Waals surface area (Å²) >= 11 is 0. The Bertz CT molecular complexity index is 1640. The highest BCUT2D eigenvalue weighted by Gasteiger charge is 2.22. The van der Waals surface area contributed by atoms with Gasteiger partial charge in [-0.2, -0.15) is 8.97 Å². The van der Waals surface area contributed by atoms with E-state index in [1.54, 1.807) is 23.8 Å². The van der Waals surface area contributed by atoms with Crippen LogP contribution in [0.3, 0.4) is 0 Å². The predicted octanol–water partition coefficient (Wildman–Crippen LogP) is 5.21. The van der Waals surface area contributed by atoms with Gasteiger partial charge in [0, 0.05) is 11.6 Å². The van der Waals surface area contributed by atoms with Crippen molar-refractivity contribution < 1.29 is 19.0 Å². The van der Waals surface area contributed by atoms with Crippen LogP contribution in [0.5, 0.6) is 17.2 Å². The number of methoxy groups -OCH3 is 1. The number of phenolic OH excluding ortho intramolecular Hbond substituents is 1. The fourth-order valence-electron chi connectivity index (χ4n) is 4.63. The number of hydrogen-bond acceptors (Lipinski definition) is 4. The van der Waals surface area contributed by atoms with Crippen LogP contribution in [0.2, 0.25) is 0 Å². The van der Waals surface area contributed by atoms with E-state index in [2.05, 4.69) is 19.1 Å². The molecule has 0 spiro atoms. The Morgan fingerprint density at radius 3 is 2.43 bits per heavy atom. The van der Waals surface area contributed by atoms with Crippen LogP contribution in [0.25, 0.3) is 16.9 Å². The monoisotopic (exact) mass is 493 g/mol. The molecular weight excluding hydrogens is 464 g/mol. The van der Waals surface area contributed by atoms with Crippen LogP contribution in [0.15, 0.2) is 95.9 Å². The summed E-state index contributed by atoms with van der Waals surface area (Å²) in [6, 6.07) is 26.7. The Morgan fingerprint density at radius 1 is 0.865 bits per heavy atom. The number of aromatic hydroxyl groups is 1. The maximum absolute atomic E-state index is 13.6. The van der Waals surface area contributed by atoms with Gasteiger partial charge in [0.2, 0.25) is 0 Å². The maximum atomic E-state index is 13.6. The molecular formula is C31H29N2O4+. The van der Waals surface area contributed by atoms with Crippen LogP contribution in [0.1, 0.15) is 22.3 Å². The van der Waals surface area contributed by atoms with E-state index in [4.69, 9.17) is 9.47 Å². The topological polar surface area (TPSA) is 64.8 Å². The predicted molar refractivity (Wildman–Crippen MR) is 143 cm³/mol. The van der Waals surface area contributed by atoms with Gasteiger partial charge in [-0.25, -0.2) is 4.79 Å². The number of phenols is 1. The SMILES string of the molecule is COc1cc(Cn2c(=O)c(C)c(-c3ccc(O)cc3)[n+]3ccccc23)ccc1OCc1cccc(C)c1. The first-order chi connectivity index (χ1) is 17.9. The molecule has 5 rings (SSSR count). The van der Waals surface area contributed by atoms with E-state index in [-0.39, 0.29) is 11.3 Å². The molecule has 6 heteroatoms. The molecule has 0 aliphatic heterocycles. The number of benzene rings is 3. The van der Waals surface area contributed by atoms with Crippen molar-refractivity contribution in [2.24, 2.45) is 0 Å². The van der Waals surface area contributed by atoms with Crippen LogP contribution in [0, 0.1) is 13.8 Å². The van der Waals surface area contributed by atoms with Crippen molar-refractivity contribution in [3.63, 3.8) is 0 Å². The summed E-state index contributed by atoms with van der Waals surface area (Å²) in [5.41, 5.74) is 6.17. The van der Waals surface area contributed by atoms with Gasteiger partial charge in [0.25, 0.3) is 5.65 Å². The molecule has 3 aromatic carbocycles. The van der Waals surface area contributed by atoms with E-state index in [0.29, 0.717) is 30.2 Å². The molecule has 6 nitrogen and oxygen atoms in total. The second kappa shape index (κ2) is 10.2. The van der Waals surface area contributed by atoms with Gasteiger partial charge in [0.15, 0.2) is 17.2 Å². The van der Waals surface area contributed by atoms with Gasteiger partial charge in [0.05, 0.1) is 18.9 Å². The molecule has 2 aromatic heterocycles. The summed E-state index contributed by atoms with van der Waals surface area (Å²) in [6.45, 7) is 4.71. The van der Waals surface area contributed by atoms with Crippen molar-refractivity contribution in [1.82, 2.24) is 4.57 Å². The van der Waals surface area contributed by atoms with Crippen LogP contribution in [-0.2, 0) is 13.2 Å². The van der Waals surface area contributed by atoms with Gasteiger partial charge in [0.1, 0.15) is 18.9 Å². The second-order valence-electron chi connectivity index (χ2n) is 9.10. The van der Waals surface area contributed by atoms with Crippen LogP contribution in [-0.4, -0.2) is 16.8 Å². The summed E-state index contributed by atoms with van der Waals surface area (Å²) in [5, 5.41) is 9.72. The van der Waals surface area contributed by atoms with Gasteiger partial charge in [-0.1, -0.05) is 42.0 Å². The summed E-state index contributed by atoms with van der Waals surface area (Å²) < 4.78 is 15.4. The minimum absolute atomic E-state index is 0.0759. The zero-order valence-corrected chi connectivity index (χ0v) is 21.1. The molecule has 0 fully saturated rings. The zero-order chi connectivity index (χ0) is 25.9. The molecule has 0 amide bonds. The van der Waals surface area contributed by atoms with E-state index >= 15 is 0 Å². The molecule has 0 aliphatic rings. The highest BCUT2D eigenvalue weighted by atomic mass is 16.5. The van der Waals surface area contributed by atoms with E-state index < -0.39 is 0 Å². The van der Waals surface area contributed by atoms with Crippen molar-refractivity contribution in [3.8, 4) is 28.5 Å². The van der Waals surface area contributed by atoms with Crippen molar-refractivity contribution in [1.29, 1.82) is 0 Å². The molecule has 37 heavy (non-hydrogen) atoms. The molecule has 1 N–H and O–H groups in total. The summed E-state index contributed by atoms with van der Waals surface area (Å²) in [6.07, 6.45) is 1.95.